The van der Waals surface area contributed by atoms with Crippen molar-refractivity contribution in [2.45, 2.75) is 32.6 Å². The first-order valence-corrected chi connectivity index (χ1v) is 8.31. The molecular formula is C15H19ClINO. The highest BCUT2D eigenvalue weighted by Gasteiger charge is 2.24. The first-order valence-electron chi connectivity index (χ1n) is 6.86. The summed E-state index contributed by atoms with van der Waals surface area (Å²) in [6, 6.07) is 5.51. The summed E-state index contributed by atoms with van der Waals surface area (Å²) in [5.74, 6) is 0.925. The van der Waals surface area contributed by atoms with Crippen LogP contribution in [0.5, 0.6) is 0 Å². The fourth-order valence-corrected chi connectivity index (χ4v) is 3.40. The van der Waals surface area contributed by atoms with Crippen LogP contribution in [0.4, 0.5) is 0 Å². The van der Waals surface area contributed by atoms with Gasteiger partial charge in [0.25, 0.3) is 5.91 Å². The molecule has 104 valence electrons. The molecule has 2 rings (SSSR count). The third-order valence-electron chi connectivity index (χ3n) is 3.76. The number of piperidine rings is 1. The smallest absolute Gasteiger partial charge is 0.254 e. The molecule has 0 saturated carbocycles. The van der Waals surface area contributed by atoms with Gasteiger partial charge in [-0.05, 0) is 59.5 Å². The van der Waals surface area contributed by atoms with Crippen LogP contribution in [0.2, 0.25) is 5.02 Å². The Morgan fingerprint density at radius 2 is 2.11 bits per heavy atom. The minimum absolute atomic E-state index is 0.127. The molecule has 1 amide bonds. The zero-order valence-corrected chi connectivity index (χ0v) is 14.1. The van der Waals surface area contributed by atoms with Crippen molar-refractivity contribution in [3.05, 3.63) is 32.4 Å². The SMILES string of the molecule is CCCC1CCN(C(=O)c2cc(Cl)ccc2I)CC1. The van der Waals surface area contributed by atoms with Crippen LogP contribution in [0.25, 0.3) is 0 Å². The number of rotatable bonds is 3. The lowest BCUT2D eigenvalue weighted by Gasteiger charge is -2.32. The monoisotopic (exact) mass is 391 g/mol. The fourth-order valence-electron chi connectivity index (χ4n) is 2.66. The highest BCUT2D eigenvalue weighted by molar-refractivity contribution is 14.1. The van der Waals surface area contributed by atoms with Crippen LogP contribution in [-0.4, -0.2) is 23.9 Å². The first kappa shape index (κ1) is 15.1. The van der Waals surface area contributed by atoms with Crippen LogP contribution in [0.1, 0.15) is 43.0 Å². The number of likely N-dealkylation sites (tertiary alicyclic amines) is 1. The molecular weight excluding hydrogens is 373 g/mol. The molecule has 4 heteroatoms. The largest absolute Gasteiger partial charge is 0.339 e. The Morgan fingerprint density at radius 1 is 1.42 bits per heavy atom. The maximum Gasteiger partial charge on any atom is 0.254 e. The number of hydrogen-bond acceptors (Lipinski definition) is 1. The lowest BCUT2D eigenvalue weighted by Crippen LogP contribution is -2.38. The number of amides is 1. The number of carbonyl (C=O) groups excluding carboxylic acids is 1. The normalized spacial score (nSPS) is 16.7. The van der Waals surface area contributed by atoms with Gasteiger partial charge in [0.2, 0.25) is 0 Å². The van der Waals surface area contributed by atoms with Gasteiger partial charge in [0, 0.05) is 21.7 Å². The van der Waals surface area contributed by atoms with Crippen molar-refractivity contribution in [3.63, 3.8) is 0 Å². The third kappa shape index (κ3) is 3.85. The molecule has 1 aromatic carbocycles. The number of halogens is 2. The summed E-state index contributed by atoms with van der Waals surface area (Å²) in [6.45, 7) is 3.99. The first-order chi connectivity index (χ1) is 9.11. The average Bonchev–Trinajstić information content (AvgIpc) is 2.42. The standard InChI is InChI=1S/C15H19ClINO/c1-2-3-11-6-8-18(9-7-11)15(19)13-10-12(16)4-5-14(13)17/h4-5,10-11H,2-3,6-9H2,1H3. The molecule has 0 radical (unpaired) electrons. The van der Waals surface area contributed by atoms with E-state index >= 15 is 0 Å². The molecule has 0 N–H and O–H groups in total. The molecule has 1 aliphatic rings. The number of benzene rings is 1. The Kier molecular flexibility index (Phi) is 5.51. The Balaban J connectivity index is 2.03. The molecule has 1 aliphatic heterocycles. The summed E-state index contributed by atoms with van der Waals surface area (Å²) in [7, 11) is 0. The van der Waals surface area contributed by atoms with E-state index in [4.69, 9.17) is 11.6 Å². The lowest BCUT2D eigenvalue weighted by molar-refractivity contribution is 0.0685. The van der Waals surface area contributed by atoms with Crippen LogP contribution in [0, 0.1) is 9.49 Å². The van der Waals surface area contributed by atoms with Gasteiger partial charge < -0.3 is 4.90 Å². The molecule has 0 atom stereocenters. The van der Waals surface area contributed by atoms with Crippen molar-refractivity contribution < 1.29 is 4.79 Å². The van der Waals surface area contributed by atoms with E-state index in [-0.39, 0.29) is 5.91 Å². The van der Waals surface area contributed by atoms with Crippen LogP contribution in [0.3, 0.4) is 0 Å². The van der Waals surface area contributed by atoms with E-state index in [0.29, 0.717) is 5.02 Å². The molecule has 1 fully saturated rings. The molecule has 1 saturated heterocycles. The van der Waals surface area contributed by atoms with Crippen LogP contribution in [0.15, 0.2) is 18.2 Å². The van der Waals surface area contributed by atoms with Crippen molar-refractivity contribution in [2.75, 3.05) is 13.1 Å². The molecule has 1 heterocycles. The molecule has 0 unspecified atom stereocenters. The second-order valence-electron chi connectivity index (χ2n) is 5.15. The fraction of sp³-hybridized carbons (Fsp3) is 0.533. The van der Waals surface area contributed by atoms with Gasteiger partial charge in [-0.25, -0.2) is 0 Å². The molecule has 1 aromatic rings. The van der Waals surface area contributed by atoms with Gasteiger partial charge in [0.05, 0.1) is 5.56 Å². The molecule has 0 aliphatic carbocycles. The van der Waals surface area contributed by atoms with Crippen LogP contribution in [-0.2, 0) is 0 Å². The predicted molar refractivity (Wildman–Crippen MR) is 87.7 cm³/mol. The summed E-state index contributed by atoms with van der Waals surface area (Å²) >= 11 is 8.19. The van der Waals surface area contributed by atoms with E-state index < -0.39 is 0 Å². The van der Waals surface area contributed by atoms with Gasteiger partial charge in [-0.15, -0.1) is 0 Å². The zero-order chi connectivity index (χ0) is 13.8. The summed E-state index contributed by atoms with van der Waals surface area (Å²) in [6.07, 6.45) is 4.80. The van der Waals surface area contributed by atoms with Gasteiger partial charge in [0.15, 0.2) is 0 Å². The van der Waals surface area contributed by atoms with Crippen LogP contribution < -0.4 is 0 Å². The van der Waals surface area contributed by atoms with Crippen molar-refractivity contribution in [3.8, 4) is 0 Å². The van der Waals surface area contributed by atoms with E-state index in [2.05, 4.69) is 29.5 Å². The highest BCUT2D eigenvalue weighted by atomic mass is 127. The van der Waals surface area contributed by atoms with E-state index in [1.54, 1.807) is 6.07 Å². The van der Waals surface area contributed by atoms with Crippen molar-refractivity contribution in [2.24, 2.45) is 5.92 Å². The second kappa shape index (κ2) is 6.93. The summed E-state index contributed by atoms with van der Waals surface area (Å²) in [5, 5.41) is 0.629. The van der Waals surface area contributed by atoms with Gasteiger partial charge in [-0.2, -0.15) is 0 Å². The Labute approximate surface area is 133 Å². The second-order valence-corrected chi connectivity index (χ2v) is 6.75. The maximum absolute atomic E-state index is 12.5. The summed E-state index contributed by atoms with van der Waals surface area (Å²) in [5.41, 5.74) is 0.738. The summed E-state index contributed by atoms with van der Waals surface area (Å²) in [4.78, 5) is 14.5. The topological polar surface area (TPSA) is 20.3 Å². The number of carbonyl (C=O) groups is 1. The molecule has 2 nitrogen and oxygen atoms in total. The minimum Gasteiger partial charge on any atom is -0.339 e. The zero-order valence-electron chi connectivity index (χ0n) is 11.2. The Bertz CT molecular complexity index is 455. The minimum atomic E-state index is 0.127. The van der Waals surface area contributed by atoms with Crippen molar-refractivity contribution in [1.29, 1.82) is 0 Å². The quantitative estimate of drug-likeness (QED) is 0.690. The summed E-state index contributed by atoms with van der Waals surface area (Å²) < 4.78 is 0.975. The number of hydrogen-bond donors (Lipinski definition) is 0. The van der Waals surface area contributed by atoms with Gasteiger partial charge >= 0.3 is 0 Å². The van der Waals surface area contributed by atoms with Crippen molar-refractivity contribution >= 4 is 40.1 Å². The maximum atomic E-state index is 12.5. The Morgan fingerprint density at radius 3 is 2.74 bits per heavy atom. The average molecular weight is 392 g/mol. The van der Waals surface area contributed by atoms with E-state index in [1.807, 2.05) is 17.0 Å². The van der Waals surface area contributed by atoms with Gasteiger partial charge in [-0.3, -0.25) is 4.79 Å². The van der Waals surface area contributed by atoms with E-state index in [0.717, 1.165) is 41.0 Å². The van der Waals surface area contributed by atoms with Gasteiger partial charge in [0.1, 0.15) is 0 Å². The Hall–Kier alpha value is -0.290. The predicted octanol–water partition coefficient (Wildman–Crippen LogP) is 4.60. The molecule has 0 aromatic heterocycles. The van der Waals surface area contributed by atoms with E-state index in [1.165, 1.54) is 12.8 Å². The van der Waals surface area contributed by atoms with Gasteiger partial charge in [-0.1, -0.05) is 31.4 Å². The number of nitrogens with zero attached hydrogens (tertiary/aromatic N) is 1. The lowest BCUT2D eigenvalue weighted by atomic mass is 9.92. The van der Waals surface area contributed by atoms with Crippen molar-refractivity contribution in [1.82, 2.24) is 4.90 Å². The van der Waals surface area contributed by atoms with Crippen LogP contribution >= 0.6 is 34.2 Å². The van der Waals surface area contributed by atoms with E-state index in [9.17, 15) is 4.79 Å². The highest BCUT2D eigenvalue weighted by Crippen LogP contribution is 2.25. The third-order valence-corrected chi connectivity index (χ3v) is 4.93. The molecule has 19 heavy (non-hydrogen) atoms. The molecule has 0 spiro atoms. The molecule has 0 bridgehead atoms.